The molecule has 1 heterocycles. The lowest BCUT2D eigenvalue weighted by molar-refractivity contribution is -0.129. The van der Waals surface area contributed by atoms with Gasteiger partial charge in [-0.3, -0.25) is 9.69 Å². The maximum absolute atomic E-state index is 11.7. The summed E-state index contributed by atoms with van der Waals surface area (Å²) < 4.78 is 0. The minimum absolute atomic E-state index is 0.0247. The molecule has 0 saturated carbocycles. The zero-order valence-electron chi connectivity index (χ0n) is 10.1. The van der Waals surface area contributed by atoms with Crippen molar-refractivity contribution in [1.29, 1.82) is 0 Å². The minimum atomic E-state index is -0.0247. The fourth-order valence-electron chi connectivity index (χ4n) is 2.29. The normalized spacial score (nSPS) is 21.2. The number of anilines is 1. The van der Waals surface area contributed by atoms with E-state index in [9.17, 15) is 4.79 Å². The maximum atomic E-state index is 11.7. The molecule has 0 aromatic heterocycles. The fourth-order valence-corrected chi connectivity index (χ4v) is 2.29. The van der Waals surface area contributed by atoms with Crippen LogP contribution in [0.1, 0.15) is 18.9 Å². The van der Waals surface area contributed by atoms with Crippen molar-refractivity contribution < 1.29 is 4.79 Å². The van der Waals surface area contributed by atoms with Crippen LogP contribution in [0.2, 0.25) is 0 Å². The van der Waals surface area contributed by atoms with Gasteiger partial charge in [-0.25, -0.2) is 0 Å². The summed E-state index contributed by atoms with van der Waals surface area (Å²) in [6.45, 7) is 4.40. The number of benzene rings is 1. The molecule has 4 nitrogen and oxygen atoms in total. The van der Waals surface area contributed by atoms with Gasteiger partial charge in [0.15, 0.2) is 0 Å². The highest BCUT2D eigenvalue weighted by atomic mass is 16.2. The Morgan fingerprint density at radius 3 is 2.94 bits per heavy atom. The van der Waals surface area contributed by atoms with Crippen molar-refractivity contribution in [1.82, 2.24) is 10.2 Å². The zero-order valence-corrected chi connectivity index (χ0v) is 10.1. The molecule has 1 fully saturated rings. The van der Waals surface area contributed by atoms with E-state index in [2.05, 4.69) is 10.2 Å². The van der Waals surface area contributed by atoms with Gasteiger partial charge in [0.05, 0.1) is 6.04 Å². The summed E-state index contributed by atoms with van der Waals surface area (Å²) in [7, 11) is 0. The number of nitrogen functional groups attached to an aromatic ring is 1. The van der Waals surface area contributed by atoms with Crippen molar-refractivity contribution in [3.8, 4) is 0 Å². The lowest BCUT2D eigenvalue weighted by Crippen LogP contribution is -2.54. The number of piperazine rings is 1. The number of carbonyl (C=O) groups excluding carboxylic acids is 1. The summed E-state index contributed by atoms with van der Waals surface area (Å²) in [4.78, 5) is 13.9. The van der Waals surface area contributed by atoms with Gasteiger partial charge >= 0.3 is 0 Å². The highest BCUT2D eigenvalue weighted by Crippen LogP contribution is 2.17. The Bertz CT molecular complexity index is 405. The SMILES string of the molecule is CCC1C(=O)NCCN1Cc1ccccc1N. The van der Waals surface area contributed by atoms with Gasteiger partial charge in [-0.2, -0.15) is 0 Å². The standard InChI is InChI=1S/C13H19N3O/c1-2-12-13(17)15-7-8-16(12)9-10-5-3-4-6-11(10)14/h3-6,12H,2,7-9,14H2,1H3,(H,15,17). The van der Waals surface area contributed by atoms with Gasteiger partial charge in [0.2, 0.25) is 5.91 Å². The largest absolute Gasteiger partial charge is 0.398 e. The maximum Gasteiger partial charge on any atom is 0.237 e. The summed E-state index contributed by atoms with van der Waals surface area (Å²) in [5.41, 5.74) is 7.83. The Kier molecular flexibility index (Phi) is 3.64. The second-order valence-electron chi connectivity index (χ2n) is 4.38. The molecule has 1 unspecified atom stereocenters. The van der Waals surface area contributed by atoms with Crippen LogP contribution in [0, 0.1) is 0 Å². The van der Waals surface area contributed by atoms with E-state index in [-0.39, 0.29) is 11.9 Å². The predicted octanol–water partition coefficient (Wildman–Crippen LogP) is 0.979. The van der Waals surface area contributed by atoms with E-state index in [1.807, 2.05) is 31.2 Å². The Labute approximate surface area is 102 Å². The number of para-hydroxylation sites is 1. The average Bonchev–Trinajstić information content (AvgIpc) is 2.32. The van der Waals surface area contributed by atoms with Crippen LogP contribution in [0.3, 0.4) is 0 Å². The fraction of sp³-hybridized carbons (Fsp3) is 0.462. The Balaban J connectivity index is 2.12. The van der Waals surface area contributed by atoms with Crippen molar-refractivity contribution in [2.75, 3.05) is 18.8 Å². The molecule has 1 aromatic rings. The number of hydrogen-bond donors (Lipinski definition) is 2. The molecule has 3 N–H and O–H groups in total. The number of rotatable bonds is 3. The van der Waals surface area contributed by atoms with Crippen molar-refractivity contribution in [2.45, 2.75) is 25.9 Å². The summed E-state index contributed by atoms with van der Waals surface area (Å²) in [6, 6.07) is 7.81. The zero-order chi connectivity index (χ0) is 12.3. The summed E-state index contributed by atoms with van der Waals surface area (Å²) in [6.07, 6.45) is 0.832. The molecule has 92 valence electrons. The van der Waals surface area contributed by atoms with E-state index < -0.39 is 0 Å². The van der Waals surface area contributed by atoms with E-state index in [1.165, 1.54) is 0 Å². The second kappa shape index (κ2) is 5.19. The molecule has 17 heavy (non-hydrogen) atoms. The number of amides is 1. The van der Waals surface area contributed by atoms with Crippen molar-refractivity contribution in [3.63, 3.8) is 0 Å². The molecule has 1 saturated heterocycles. The number of nitrogens with one attached hydrogen (secondary N) is 1. The molecule has 0 aliphatic carbocycles. The summed E-state index contributed by atoms with van der Waals surface area (Å²) in [5, 5.41) is 2.90. The first-order chi connectivity index (χ1) is 8.22. The van der Waals surface area contributed by atoms with Crippen LogP contribution < -0.4 is 11.1 Å². The van der Waals surface area contributed by atoms with Crippen molar-refractivity contribution >= 4 is 11.6 Å². The molecule has 0 bridgehead atoms. The highest BCUT2D eigenvalue weighted by molar-refractivity contribution is 5.82. The quantitative estimate of drug-likeness (QED) is 0.765. The third-order valence-corrected chi connectivity index (χ3v) is 3.26. The van der Waals surface area contributed by atoms with Crippen LogP contribution in [-0.4, -0.2) is 29.9 Å². The smallest absolute Gasteiger partial charge is 0.237 e. The first kappa shape index (κ1) is 11.9. The van der Waals surface area contributed by atoms with Gasteiger partial charge in [-0.05, 0) is 18.1 Å². The predicted molar refractivity (Wildman–Crippen MR) is 68.4 cm³/mol. The van der Waals surface area contributed by atoms with Gasteiger partial charge in [-0.15, -0.1) is 0 Å². The van der Waals surface area contributed by atoms with Crippen LogP contribution in [0.5, 0.6) is 0 Å². The van der Waals surface area contributed by atoms with Crippen LogP contribution in [-0.2, 0) is 11.3 Å². The van der Waals surface area contributed by atoms with E-state index in [1.54, 1.807) is 0 Å². The highest BCUT2D eigenvalue weighted by Gasteiger charge is 2.27. The van der Waals surface area contributed by atoms with Crippen LogP contribution >= 0.6 is 0 Å². The number of hydrogen-bond acceptors (Lipinski definition) is 3. The molecule has 1 aliphatic rings. The summed E-state index contributed by atoms with van der Waals surface area (Å²) >= 11 is 0. The molecule has 1 amide bonds. The monoisotopic (exact) mass is 233 g/mol. The van der Waals surface area contributed by atoms with Gasteiger partial charge in [0.1, 0.15) is 0 Å². The third kappa shape index (κ3) is 2.58. The van der Waals surface area contributed by atoms with E-state index in [0.717, 1.165) is 37.3 Å². The number of nitrogens with two attached hydrogens (primary N) is 1. The van der Waals surface area contributed by atoms with Crippen LogP contribution in [0.4, 0.5) is 5.69 Å². The third-order valence-electron chi connectivity index (χ3n) is 3.26. The first-order valence-electron chi connectivity index (χ1n) is 6.07. The molecule has 1 aliphatic heterocycles. The Morgan fingerprint density at radius 2 is 2.24 bits per heavy atom. The molecule has 2 rings (SSSR count). The minimum Gasteiger partial charge on any atom is -0.398 e. The Morgan fingerprint density at radius 1 is 1.47 bits per heavy atom. The molecular formula is C13H19N3O. The molecular weight excluding hydrogens is 214 g/mol. The molecule has 4 heteroatoms. The average molecular weight is 233 g/mol. The van der Waals surface area contributed by atoms with E-state index in [0.29, 0.717) is 0 Å². The van der Waals surface area contributed by atoms with Crippen LogP contribution in [0.15, 0.2) is 24.3 Å². The van der Waals surface area contributed by atoms with E-state index in [4.69, 9.17) is 5.73 Å². The van der Waals surface area contributed by atoms with E-state index >= 15 is 0 Å². The molecule has 0 radical (unpaired) electrons. The van der Waals surface area contributed by atoms with Crippen LogP contribution in [0.25, 0.3) is 0 Å². The van der Waals surface area contributed by atoms with Gasteiger partial charge in [-0.1, -0.05) is 25.1 Å². The lowest BCUT2D eigenvalue weighted by atomic mass is 10.1. The van der Waals surface area contributed by atoms with Gasteiger partial charge in [0, 0.05) is 25.3 Å². The summed E-state index contributed by atoms with van der Waals surface area (Å²) in [5.74, 6) is 0.133. The number of carbonyl (C=O) groups is 1. The number of nitrogens with zero attached hydrogens (tertiary/aromatic N) is 1. The van der Waals surface area contributed by atoms with Crippen molar-refractivity contribution in [2.24, 2.45) is 0 Å². The van der Waals surface area contributed by atoms with Crippen molar-refractivity contribution in [3.05, 3.63) is 29.8 Å². The lowest BCUT2D eigenvalue weighted by Gasteiger charge is -2.34. The topological polar surface area (TPSA) is 58.4 Å². The molecule has 0 spiro atoms. The molecule has 1 atom stereocenters. The first-order valence-corrected chi connectivity index (χ1v) is 6.07. The Hall–Kier alpha value is -1.55. The van der Waals surface area contributed by atoms with Gasteiger partial charge in [0.25, 0.3) is 0 Å². The van der Waals surface area contributed by atoms with Gasteiger partial charge < -0.3 is 11.1 Å². The molecule has 1 aromatic carbocycles. The second-order valence-corrected chi connectivity index (χ2v) is 4.38.